The molecule has 0 N–H and O–H groups in total. The number of nitro benzene ring substituents is 1. The first-order valence-electron chi connectivity index (χ1n) is 7.97. The van der Waals surface area contributed by atoms with Gasteiger partial charge in [-0.05, 0) is 29.8 Å². The van der Waals surface area contributed by atoms with Crippen LogP contribution in [0.5, 0.6) is 0 Å². The Kier molecular flexibility index (Phi) is 3.74. The number of non-ortho nitro benzene ring substituents is 1. The van der Waals surface area contributed by atoms with E-state index < -0.39 is 4.92 Å². The van der Waals surface area contributed by atoms with Crippen molar-refractivity contribution in [3.8, 4) is 11.4 Å². The molecule has 0 fully saturated rings. The minimum absolute atomic E-state index is 0.0779. The summed E-state index contributed by atoms with van der Waals surface area (Å²) in [5.41, 5.74) is 4.15. The number of fused-ring (bicyclic) bond motifs is 1. The number of imidazole rings is 1. The largest absolute Gasteiger partial charge is 0.299 e. The van der Waals surface area contributed by atoms with Gasteiger partial charge in [0, 0.05) is 30.3 Å². The molecule has 122 valence electrons. The molecule has 5 heteroatoms. The van der Waals surface area contributed by atoms with Crippen molar-refractivity contribution in [2.45, 2.75) is 6.42 Å². The fraction of sp³-hybridized carbons (Fsp3) is 0.0500. The van der Waals surface area contributed by atoms with E-state index in [-0.39, 0.29) is 5.69 Å². The van der Waals surface area contributed by atoms with E-state index in [1.165, 1.54) is 17.7 Å². The van der Waals surface area contributed by atoms with Crippen molar-refractivity contribution in [3.63, 3.8) is 0 Å². The molecule has 0 spiro atoms. The highest BCUT2D eigenvalue weighted by atomic mass is 16.6. The van der Waals surface area contributed by atoms with Crippen molar-refractivity contribution in [3.05, 3.63) is 100 Å². The van der Waals surface area contributed by atoms with E-state index in [9.17, 15) is 10.1 Å². The van der Waals surface area contributed by atoms with Crippen LogP contribution in [-0.2, 0) is 6.42 Å². The number of aromatic nitrogens is 2. The van der Waals surface area contributed by atoms with Crippen molar-refractivity contribution < 1.29 is 4.92 Å². The second-order valence-corrected chi connectivity index (χ2v) is 5.80. The van der Waals surface area contributed by atoms with E-state index in [1.807, 2.05) is 47.0 Å². The van der Waals surface area contributed by atoms with Crippen LogP contribution in [0.25, 0.3) is 16.9 Å². The number of rotatable bonds is 4. The van der Waals surface area contributed by atoms with Gasteiger partial charge in [0.25, 0.3) is 5.69 Å². The molecule has 0 radical (unpaired) electrons. The normalized spacial score (nSPS) is 10.9. The minimum atomic E-state index is -0.395. The van der Waals surface area contributed by atoms with Gasteiger partial charge in [0.1, 0.15) is 5.82 Å². The molecule has 2 aromatic heterocycles. The molecule has 0 amide bonds. The summed E-state index contributed by atoms with van der Waals surface area (Å²) in [6, 6.07) is 22.7. The monoisotopic (exact) mass is 329 g/mol. The third kappa shape index (κ3) is 2.87. The number of benzene rings is 2. The fourth-order valence-electron chi connectivity index (χ4n) is 2.96. The van der Waals surface area contributed by atoms with Crippen LogP contribution in [0.1, 0.15) is 11.3 Å². The average Bonchev–Trinajstić information content (AvgIpc) is 3.01. The topological polar surface area (TPSA) is 60.4 Å². The zero-order valence-corrected chi connectivity index (χ0v) is 13.4. The van der Waals surface area contributed by atoms with Crippen LogP contribution < -0.4 is 0 Å². The Morgan fingerprint density at radius 1 is 0.920 bits per heavy atom. The highest BCUT2D eigenvalue weighted by molar-refractivity contribution is 5.66. The summed E-state index contributed by atoms with van der Waals surface area (Å²) in [5.74, 6) is 0.788. The third-order valence-electron chi connectivity index (χ3n) is 4.18. The van der Waals surface area contributed by atoms with Crippen LogP contribution in [-0.4, -0.2) is 14.3 Å². The number of pyridine rings is 1. The number of hydrogen-bond donors (Lipinski definition) is 0. The van der Waals surface area contributed by atoms with Gasteiger partial charge < -0.3 is 0 Å². The van der Waals surface area contributed by atoms with Crippen molar-refractivity contribution >= 4 is 11.2 Å². The van der Waals surface area contributed by atoms with Gasteiger partial charge in [-0.1, -0.05) is 36.4 Å². The van der Waals surface area contributed by atoms with E-state index in [4.69, 9.17) is 4.98 Å². The highest BCUT2D eigenvalue weighted by Gasteiger charge is 2.14. The van der Waals surface area contributed by atoms with E-state index >= 15 is 0 Å². The molecule has 0 unspecified atom stereocenters. The molecule has 25 heavy (non-hydrogen) atoms. The molecule has 0 saturated carbocycles. The number of nitro groups is 1. The molecule has 0 aliphatic rings. The van der Waals surface area contributed by atoms with Crippen LogP contribution in [0.15, 0.2) is 79.0 Å². The Morgan fingerprint density at radius 2 is 1.64 bits per heavy atom. The lowest BCUT2D eigenvalue weighted by molar-refractivity contribution is -0.384. The fourth-order valence-corrected chi connectivity index (χ4v) is 2.96. The molecule has 2 heterocycles. The van der Waals surface area contributed by atoms with E-state index in [0.717, 1.165) is 29.0 Å². The first-order valence-corrected chi connectivity index (χ1v) is 7.97. The summed E-state index contributed by atoms with van der Waals surface area (Å²) < 4.78 is 2.03. The highest BCUT2D eigenvalue weighted by Crippen LogP contribution is 2.26. The maximum atomic E-state index is 10.9. The first-order chi connectivity index (χ1) is 12.2. The van der Waals surface area contributed by atoms with Gasteiger partial charge in [-0.2, -0.15) is 0 Å². The Labute approximate surface area is 144 Å². The van der Waals surface area contributed by atoms with Crippen LogP contribution in [0.2, 0.25) is 0 Å². The Bertz CT molecular complexity index is 1040. The lowest BCUT2D eigenvalue weighted by Gasteiger charge is -2.01. The minimum Gasteiger partial charge on any atom is -0.299 e. The molecule has 0 aliphatic heterocycles. The Balaban J connectivity index is 1.80. The predicted molar refractivity (Wildman–Crippen MR) is 96.5 cm³/mol. The second kappa shape index (κ2) is 6.20. The molecular weight excluding hydrogens is 314 g/mol. The SMILES string of the molecule is O=[N+]([O-])c1ccc(-c2nc(Cc3ccccc3)c3ccccn23)cc1. The molecule has 0 aliphatic carbocycles. The van der Waals surface area contributed by atoms with Gasteiger partial charge >= 0.3 is 0 Å². The predicted octanol–water partition coefficient (Wildman–Crippen LogP) is 4.50. The maximum Gasteiger partial charge on any atom is 0.269 e. The van der Waals surface area contributed by atoms with Crippen LogP contribution in [0.3, 0.4) is 0 Å². The quantitative estimate of drug-likeness (QED) is 0.409. The summed E-state index contributed by atoms with van der Waals surface area (Å²) in [5, 5.41) is 10.9. The van der Waals surface area contributed by atoms with Crippen molar-refractivity contribution in [2.24, 2.45) is 0 Å². The van der Waals surface area contributed by atoms with E-state index in [0.29, 0.717) is 0 Å². The zero-order chi connectivity index (χ0) is 17.2. The lowest BCUT2D eigenvalue weighted by atomic mass is 10.1. The third-order valence-corrected chi connectivity index (χ3v) is 4.18. The lowest BCUT2D eigenvalue weighted by Crippen LogP contribution is -1.90. The Morgan fingerprint density at radius 3 is 2.36 bits per heavy atom. The number of hydrogen-bond acceptors (Lipinski definition) is 3. The summed E-state index contributed by atoms with van der Waals surface area (Å²) >= 11 is 0. The first kappa shape index (κ1) is 15.1. The van der Waals surface area contributed by atoms with Crippen LogP contribution in [0.4, 0.5) is 5.69 Å². The van der Waals surface area contributed by atoms with Gasteiger partial charge in [0.05, 0.1) is 16.1 Å². The van der Waals surface area contributed by atoms with Crippen LogP contribution in [0, 0.1) is 10.1 Å². The summed E-state index contributed by atoms with van der Waals surface area (Å²) in [6.07, 6.45) is 2.70. The summed E-state index contributed by atoms with van der Waals surface area (Å²) in [7, 11) is 0. The van der Waals surface area contributed by atoms with Gasteiger partial charge in [-0.3, -0.25) is 14.5 Å². The zero-order valence-electron chi connectivity index (χ0n) is 13.4. The van der Waals surface area contributed by atoms with E-state index in [2.05, 4.69) is 12.1 Å². The average molecular weight is 329 g/mol. The molecule has 0 atom stereocenters. The second-order valence-electron chi connectivity index (χ2n) is 5.80. The molecule has 2 aromatic carbocycles. The maximum absolute atomic E-state index is 10.9. The van der Waals surface area contributed by atoms with E-state index in [1.54, 1.807) is 12.1 Å². The van der Waals surface area contributed by atoms with Crippen molar-refractivity contribution in [2.75, 3.05) is 0 Å². The molecule has 4 aromatic rings. The van der Waals surface area contributed by atoms with Gasteiger partial charge in [0.2, 0.25) is 0 Å². The van der Waals surface area contributed by atoms with Crippen molar-refractivity contribution in [1.29, 1.82) is 0 Å². The molecule has 5 nitrogen and oxygen atoms in total. The van der Waals surface area contributed by atoms with Gasteiger partial charge in [-0.25, -0.2) is 4.98 Å². The Hall–Kier alpha value is -3.47. The summed E-state index contributed by atoms with van der Waals surface area (Å²) in [6.45, 7) is 0. The standard InChI is InChI=1S/C20H15N3O2/c24-23(25)17-11-9-16(10-12-17)20-21-18(14-15-6-2-1-3-7-15)19-8-4-5-13-22(19)20/h1-13H,14H2. The van der Waals surface area contributed by atoms with Gasteiger partial charge in [0.15, 0.2) is 0 Å². The molecular formula is C20H15N3O2. The molecule has 4 rings (SSSR count). The molecule has 0 saturated heterocycles. The van der Waals surface area contributed by atoms with Crippen molar-refractivity contribution in [1.82, 2.24) is 9.38 Å². The smallest absolute Gasteiger partial charge is 0.269 e. The summed E-state index contributed by atoms with van der Waals surface area (Å²) in [4.78, 5) is 15.3. The number of nitrogens with zero attached hydrogens (tertiary/aromatic N) is 3. The van der Waals surface area contributed by atoms with Crippen LogP contribution >= 0.6 is 0 Å². The molecule has 0 bridgehead atoms. The van der Waals surface area contributed by atoms with Gasteiger partial charge in [-0.15, -0.1) is 0 Å².